The third-order valence-electron chi connectivity index (χ3n) is 2.09. The van der Waals surface area contributed by atoms with Crippen molar-refractivity contribution in [3.05, 3.63) is 41.9 Å². The third-order valence-corrected chi connectivity index (χ3v) is 2.09. The standard InChI is InChI=1S/C11H11FN2O/c12-9-3-1-8(2-4-9)11-7-10(5-6-13)15-14-11/h1-4,7H,5-6,13H2. The van der Waals surface area contributed by atoms with E-state index in [1.807, 2.05) is 6.07 Å². The number of rotatable bonds is 3. The summed E-state index contributed by atoms with van der Waals surface area (Å²) in [4.78, 5) is 0. The molecule has 0 aliphatic rings. The minimum atomic E-state index is -0.260. The average molecular weight is 206 g/mol. The van der Waals surface area contributed by atoms with Gasteiger partial charge in [-0.1, -0.05) is 5.16 Å². The number of nitrogens with two attached hydrogens (primary N) is 1. The van der Waals surface area contributed by atoms with Gasteiger partial charge >= 0.3 is 0 Å². The van der Waals surface area contributed by atoms with Crippen LogP contribution in [-0.2, 0) is 6.42 Å². The largest absolute Gasteiger partial charge is 0.361 e. The summed E-state index contributed by atoms with van der Waals surface area (Å²) in [6, 6.07) is 7.94. The van der Waals surface area contributed by atoms with E-state index in [1.54, 1.807) is 12.1 Å². The van der Waals surface area contributed by atoms with Crippen molar-refractivity contribution < 1.29 is 8.91 Å². The van der Waals surface area contributed by atoms with Crippen LogP contribution in [0.25, 0.3) is 11.3 Å². The molecular formula is C11H11FN2O. The second-order valence-corrected chi connectivity index (χ2v) is 3.22. The first-order chi connectivity index (χ1) is 7.29. The molecule has 0 radical (unpaired) electrons. The Hall–Kier alpha value is -1.68. The van der Waals surface area contributed by atoms with E-state index in [1.165, 1.54) is 12.1 Å². The molecule has 3 nitrogen and oxygen atoms in total. The highest BCUT2D eigenvalue weighted by Gasteiger charge is 2.05. The smallest absolute Gasteiger partial charge is 0.138 e. The predicted octanol–water partition coefficient (Wildman–Crippen LogP) is 1.98. The van der Waals surface area contributed by atoms with Crippen LogP contribution >= 0.6 is 0 Å². The van der Waals surface area contributed by atoms with Crippen LogP contribution in [0.2, 0.25) is 0 Å². The molecule has 0 saturated heterocycles. The molecule has 0 atom stereocenters. The Balaban J connectivity index is 2.25. The van der Waals surface area contributed by atoms with Gasteiger partial charge < -0.3 is 10.3 Å². The maximum Gasteiger partial charge on any atom is 0.138 e. The number of benzene rings is 1. The Kier molecular flexibility index (Phi) is 2.78. The molecule has 1 heterocycles. The molecular weight excluding hydrogens is 195 g/mol. The van der Waals surface area contributed by atoms with Crippen LogP contribution in [-0.4, -0.2) is 11.7 Å². The molecule has 2 aromatic rings. The van der Waals surface area contributed by atoms with Crippen LogP contribution in [0.3, 0.4) is 0 Å². The predicted molar refractivity (Wildman–Crippen MR) is 54.7 cm³/mol. The molecule has 0 aliphatic carbocycles. The highest BCUT2D eigenvalue weighted by molar-refractivity contribution is 5.58. The zero-order valence-corrected chi connectivity index (χ0v) is 8.11. The minimum Gasteiger partial charge on any atom is -0.361 e. The van der Waals surface area contributed by atoms with E-state index >= 15 is 0 Å². The topological polar surface area (TPSA) is 52.0 Å². The fraction of sp³-hybridized carbons (Fsp3) is 0.182. The Morgan fingerprint density at radius 2 is 2.00 bits per heavy atom. The van der Waals surface area contributed by atoms with Gasteiger partial charge in [-0.05, 0) is 30.8 Å². The molecule has 15 heavy (non-hydrogen) atoms. The lowest BCUT2D eigenvalue weighted by Gasteiger charge is -1.93. The van der Waals surface area contributed by atoms with E-state index in [2.05, 4.69) is 5.16 Å². The Labute approximate surface area is 86.7 Å². The van der Waals surface area contributed by atoms with E-state index < -0.39 is 0 Å². The summed E-state index contributed by atoms with van der Waals surface area (Å²) < 4.78 is 17.7. The van der Waals surface area contributed by atoms with Gasteiger partial charge in [0, 0.05) is 18.1 Å². The first-order valence-corrected chi connectivity index (χ1v) is 4.71. The molecule has 2 rings (SSSR count). The van der Waals surface area contributed by atoms with Gasteiger partial charge in [-0.15, -0.1) is 0 Å². The lowest BCUT2D eigenvalue weighted by atomic mass is 10.1. The molecule has 0 unspecified atom stereocenters. The van der Waals surface area contributed by atoms with Crippen molar-refractivity contribution in [3.8, 4) is 11.3 Å². The number of nitrogens with zero attached hydrogens (tertiary/aromatic N) is 1. The molecule has 0 spiro atoms. The first kappa shape index (κ1) is 9.86. The Morgan fingerprint density at radius 3 is 2.67 bits per heavy atom. The van der Waals surface area contributed by atoms with Crippen molar-refractivity contribution >= 4 is 0 Å². The molecule has 0 bridgehead atoms. The normalized spacial score (nSPS) is 10.5. The van der Waals surface area contributed by atoms with Crippen molar-refractivity contribution in [2.45, 2.75) is 6.42 Å². The summed E-state index contributed by atoms with van der Waals surface area (Å²) in [5.74, 6) is 0.487. The summed E-state index contributed by atoms with van der Waals surface area (Å²) >= 11 is 0. The van der Waals surface area contributed by atoms with E-state index in [0.717, 1.165) is 11.3 Å². The van der Waals surface area contributed by atoms with Crippen molar-refractivity contribution in [1.29, 1.82) is 0 Å². The quantitative estimate of drug-likeness (QED) is 0.835. The minimum absolute atomic E-state index is 0.260. The van der Waals surface area contributed by atoms with Crippen LogP contribution in [0.5, 0.6) is 0 Å². The summed E-state index contributed by atoms with van der Waals surface area (Å²) in [7, 11) is 0. The molecule has 1 aromatic heterocycles. The molecule has 0 amide bonds. The number of aromatic nitrogens is 1. The Morgan fingerprint density at radius 1 is 1.27 bits per heavy atom. The summed E-state index contributed by atoms with van der Waals surface area (Å²) in [5, 5.41) is 3.88. The second-order valence-electron chi connectivity index (χ2n) is 3.22. The van der Waals surface area contributed by atoms with Crippen molar-refractivity contribution in [1.82, 2.24) is 5.16 Å². The van der Waals surface area contributed by atoms with Crippen LogP contribution < -0.4 is 5.73 Å². The molecule has 4 heteroatoms. The monoisotopic (exact) mass is 206 g/mol. The van der Waals surface area contributed by atoms with E-state index in [-0.39, 0.29) is 5.82 Å². The lowest BCUT2D eigenvalue weighted by Crippen LogP contribution is -2.01. The van der Waals surface area contributed by atoms with Crippen LogP contribution in [0.15, 0.2) is 34.9 Å². The highest BCUT2D eigenvalue weighted by Crippen LogP contribution is 2.19. The van der Waals surface area contributed by atoms with Crippen molar-refractivity contribution in [2.75, 3.05) is 6.54 Å². The lowest BCUT2D eigenvalue weighted by molar-refractivity contribution is 0.386. The van der Waals surface area contributed by atoms with Gasteiger partial charge in [-0.25, -0.2) is 4.39 Å². The van der Waals surface area contributed by atoms with Gasteiger partial charge in [0.2, 0.25) is 0 Å². The summed E-state index contributed by atoms with van der Waals surface area (Å²) in [6.07, 6.45) is 0.661. The summed E-state index contributed by atoms with van der Waals surface area (Å²) in [5.41, 5.74) is 6.93. The molecule has 2 N–H and O–H groups in total. The third kappa shape index (κ3) is 2.22. The number of hydrogen-bond donors (Lipinski definition) is 1. The maximum absolute atomic E-state index is 12.7. The molecule has 78 valence electrons. The van der Waals surface area contributed by atoms with Gasteiger partial charge in [0.25, 0.3) is 0 Å². The Bertz CT molecular complexity index is 436. The SMILES string of the molecule is NCCc1cc(-c2ccc(F)cc2)no1. The van der Waals surface area contributed by atoms with E-state index in [0.29, 0.717) is 18.7 Å². The summed E-state index contributed by atoms with van der Waals surface area (Å²) in [6.45, 7) is 0.526. The van der Waals surface area contributed by atoms with Gasteiger partial charge in [0.15, 0.2) is 0 Å². The first-order valence-electron chi connectivity index (χ1n) is 4.71. The van der Waals surface area contributed by atoms with Crippen molar-refractivity contribution in [3.63, 3.8) is 0 Å². The second kappa shape index (κ2) is 4.23. The molecule has 0 saturated carbocycles. The van der Waals surface area contributed by atoms with E-state index in [4.69, 9.17) is 10.3 Å². The van der Waals surface area contributed by atoms with Gasteiger partial charge in [0.1, 0.15) is 17.3 Å². The highest BCUT2D eigenvalue weighted by atomic mass is 19.1. The van der Waals surface area contributed by atoms with E-state index in [9.17, 15) is 4.39 Å². The maximum atomic E-state index is 12.7. The van der Waals surface area contributed by atoms with Crippen LogP contribution in [0, 0.1) is 5.82 Å². The average Bonchev–Trinajstić information content (AvgIpc) is 2.68. The zero-order valence-electron chi connectivity index (χ0n) is 8.11. The zero-order chi connectivity index (χ0) is 10.7. The number of hydrogen-bond acceptors (Lipinski definition) is 3. The van der Waals surface area contributed by atoms with Gasteiger partial charge in [-0.3, -0.25) is 0 Å². The molecule has 1 aromatic carbocycles. The van der Waals surface area contributed by atoms with Crippen LogP contribution in [0.1, 0.15) is 5.76 Å². The fourth-order valence-electron chi connectivity index (χ4n) is 1.33. The van der Waals surface area contributed by atoms with Crippen molar-refractivity contribution in [2.24, 2.45) is 5.73 Å². The number of halogens is 1. The fourth-order valence-corrected chi connectivity index (χ4v) is 1.33. The molecule has 0 fully saturated rings. The van der Waals surface area contributed by atoms with Gasteiger partial charge in [-0.2, -0.15) is 0 Å². The molecule has 0 aliphatic heterocycles. The van der Waals surface area contributed by atoms with Crippen LogP contribution in [0.4, 0.5) is 4.39 Å². The van der Waals surface area contributed by atoms with Gasteiger partial charge in [0.05, 0.1) is 0 Å².